The van der Waals surface area contributed by atoms with Crippen LogP contribution in [0.3, 0.4) is 0 Å². The Kier molecular flexibility index (Phi) is 19.8. The van der Waals surface area contributed by atoms with Crippen LogP contribution in [0.25, 0.3) is 0 Å². The fourth-order valence-electron chi connectivity index (χ4n) is 1.96. The van der Waals surface area contributed by atoms with Crippen LogP contribution in [-0.4, -0.2) is 24.4 Å². The molecule has 0 saturated carbocycles. The van der Waals surface area contributed by atoms with Gasteiger partial charge in [0.25, 0.3) is 0 Å². The number of ether oxygens (including phenoxy) is 2. The number of halogens is 1. The molecule has 0 aliphatic rings. The van der Waals surface area contributed by atoms with Crippen molar-refractivity contribution in [3.8, 4) is 0 Å². The smallest absolute Gasteiger partial charge is 0.146 e. The van der Waals surface area contributed by atoms with E-state index in [9.17, 15) is 0 Å². The monoisotopic (exact) mass is 396 g/mol. The van der Waals surface area contributed by atoms with Crippen LogP contribution >= 0.6 is 22.6 Å². The number of hydrogen-bond donors (Lipinski definition) is 0. The van der Waals surface area contributed by atoms with Crippen molar-refractivity contribution in [2.75, 3.05) is 24.4 Å². The highest BCUT2D eigenvalue weighted by Crippen LogP contribution is 2.08. The second kappa shape index (κ2) is 19.4. The van der Waals surface area contributed by atoms with Crippen molar-refractivity contribution in [2.45, 2.75) is 71.1 Å². The molecule has 0 saturated heterocycles. The predicted molar refractivity (Wildman–Crippen MR) is 96.6 cm³/mol. The van der Waals surface area contributed by atoms with E-state index in [4.69, 9.17) is 9.47 Å². The third kappa shape index (κ3) is 18.4. The molecule has 0 N–H and O–H groups in total. The van der Waals surface area contributed by atoms with Gasteiger partial charge >= 0.3 is 0 Å². The van der Waals surface area contributed by atoms with Gasteiger partial charge in [-0.25, -0.2) is 0 Å². The van der Waals surface area contributed by atoms with Crippen molar-refractivity contribution in [1.29, 1.82) is 0 Å². The van der Waals surface area contributed by atoms with E-state index in [1.54, 1.807) is 0 Å². The standard InChI is InChI=1S/C17H33IO2/c1-2-3-4-5-6-7-9-12-15-19-17-20-16-13-10-8-11-14-18/h8,10H,2-7,9,11-17H2,1H3. The summed E-state index contributed by atoms with van der Waals surface area (Å²) in [7, 11) is 0. The van der Waals surface area contributed by atoms with Crippen molar-refractivity contribution < 1.29 is 9.47 Å². The van der Waals surface area contributed by atoms with Gasteiger partial charge in [0.1, 0.15) is 6.79 Å². The van der Waals surface area contributed by atoms with E-state index >= 15 is 0 Å². The Morgan fingerprint density at radius 2 is 1.35 bits per heavy atom. The molecule has 0 amide bonds. The molecule has 0 aromatic carbocycles. The molecule has 0 aromatic rings. The molecule has 2 nitrogen and oxygen atoms in total. The van der Waals surface area contributed by atoms with Gasteiger partial charge < -0.3 is 9.47 Å². The fourth-order valence-corrected chi connectivity index (χ4v) is 2.32. The van der Waals surface area contributed by atoms with Gasteiger partial charge in [-0.2, -0.15) is 0 Å². The van der Waals surface area contributed by atoms with Crippen molar-refractivity contribution in [2.24, 2.45) is 0 Å². The molecule has 120 valence electrons. The maximum atomic E-state index is 5.46. The molecule has 0 bridgehead atoms. The van der Waals surface area contributed by atoms with Crippen LogP contribution in [0.15, 0.2) is 12.2 Å². The quantitative estimate of drug-likeness (QED) is 0.107. The molecule has 0 heterocycles. The highest BCUT2D eigenvalue weighted by Gasteiger charge is 1.92. The summed E-state index contributed by atoms with van der Waals surface area (Å²) < 4.78 is 12.1. The Morgan fingerprint density at radius 3 is 2.05 bits per heavy atom. The first-order chi connectivity index (χ1) is 9.91. The summed E-state index contributed by atoms with van der Waals surface area (Å²) in [5, 5.41) is 0. The molecule has 0 atom stereocenters. The lowest BCUT2D eigenvalue weighted by atomic mass is 10.1. The van der Waals surface area contributed by atoms with Crippen molar-refractivity contribution in [3.63, 3.8) is 0 Å². The van der Waals surface area contributed by atoms with Crippen LogP contribution in [0.4, 0.5) is 0 Å². The molecule has 0 rings (SSSR count). The van der Waals surface area contributed by atoms with Crippen LogP contribution in [-0.2, 0) is 9.47 Å². The lowest BCUT2D eigenvalue weighted by Gasteiger charge is -2.05. The summed E-state index contributed by atoms with van der Waals surface area (Å²) in [6.45, 7) is 4.34. The minimum Gasteiger partial charge on any atom is -0.355 e. The first kappa shape index (κ1) is 20.4. The molecule has 20 heavy (non-hydrogen) atoms. The summed E-state index contributed by atoms with van der Waals surface area (Å²) in [6, 6.07) is 0. The van der Waals surface area contributed by atoms with E-state index in [2.05, 4.69) is 41.7 Å². The third-order valence-corrected chi connectivity index (χ3v) is 3.80. The van der Waals surface area contributed by atoms with Crippen LogP contribution in [0, 0.1) is 0 Å². The van der Waals surface area contributed by atoms with E-state index in [0.717, 1.165) is 26.1 Å². The number of hydrogen-bond acceptors (Lipinski definition) is 2. The predicted octanol–water partition coefficient (Wildman–Crippen LogP) is 5.89. The second-order valence-electron chi connectivity index (χ2n) is 5.15. The minimum absolute atomic E-state index is 0.455. The van der Waals surface area contributed by atoms with Crippen LogP contribution in [0.2, 0.25) is 0 Å². The van der Waals surface area contributed by atoms with Gasteiger partial charge in [0, 0.05) is 11.0 Å². The molecular formula is C17H33IO2. The molecule has 3 heteroatoms. The van der Waals surface area contributed by atoms with Crippen molar-refractivity contribution in [1.82, 2.24) is 0 Å². The zero-order chi connectivity index (χ0) is 14.7. The Balaban J connectivity index is 2.96. The molecule has 0 aliphatic heterocycles. The molecule has 0 spiro atoms. The molecule has 0 unspecified atom stereocenters. The lowest BCUT2D eigenvalue weighted by Crippen LogP contribution is -2.02. The SMILES string of the molecule is CCCCCCCCCCOCOCCC=CCCI. The average Bonchev–Trinajstić information content (AvgIpc) is 2.47. The van der Waals surface area contributed by atoms with E-state index in [1.807, 2.05) is 0 Å². The first-order valence-corrected chi connectivity index (χ1v) is 9.80. The summed E-state index contributed by atoms with van der Waals surface area (Å²) >= 11 is 2.39. The number of unbranched alkanes of at least 4 members (excludes halogenated alkanes) is 7. The maximum Gasteiger partial charge on any atom is 0.146 e. The molecule has 0 aliphatic carbocycles. The summed E-state index contributed by atoms with van der Waals surface area (Å²) in [6.07, 6.45) is 17.3. The van der Waals surface area contributed by atoms with Gasteiger partial charge in [0.2, 0.25) is 0 Å². The van der Waals surface area contributed by atoms with E-state index < -0.39 is 0 Å². The maximum absolute atomic E-state index is 5.46. The first-order valence-electron chi connectivity index (χ1n) is 8.28. The molecule has 0 fully saturated rings. The fraction of sp³-hybridized carbons (Fsp3) is 0.882. The van der Waals surface area contributed by atoms with Gasteiger partial charge in [-0.05, 0) is 19.3 Å². The Morgan fingerprint density at radius 1 is 0.750 bits per heavy atom. The minimum atomic E-state index is 0.455. The largest absolute Gasteiger partial charge is 0.355 e. The second-order valence-corrected chi connectivity index (χ2v) is 6.23. The molecule has 0 aromatic heterocycles. The van der Waals surface area contributed by atoms with E-state index in [1.165, 1.54) is 55.8 Å². The van der Waals surface area contributed by atoms with Crippen molar-refractivity contribution in [3.05, 3.63) is 12.2 Å². The van der Waals surface area contributed by atoms with E-state index in [0.29, 0.717) is 6.79 Å². The number of rotatable bonds is 16. The Hall–Kier alpha value is 0.390. The van der Waals surface area contributed by atoms with Crippen LogP contribution < -0.4 is 0 Å². The van der Waals surface area contributed by atoms with Gasteiger partial charge in [0.15, 0.2) is 0 Å². The third-order valence-electron chi connectivity index (χ3n) is 3.18. The molecule has 0 radical (unpaired) electrons. The van der Waals surface area contributed by atoms with Gasteiger partial charge in [0.05, 0.1) is 6.61 Å². The van der Waals surface area contributed by atoms with Gasteiger partial charge in [-0.1, -0.05) is 86.6 Å². The Bertz CT molecular complexity index is 195. The summed E-state index contributed by atoms with van der Waals surface area (Å²) in [5.74, 6) is 0. The summed E-state index contributed by atoms with van der Waals surface area (Å²) in [5.41, 5.74) is 0. The number of alkyl halides is 1. The van der Waals surface area contributed by atoms with Crippen LogP contribution in [0.1, 0.15) is 71.1 Å². The van der Waals surface area contributed by atoms with Crippen molar-refractivity contribution >= 4 is 22.6 Å². The lowest BCUT2D eigenvalue weighted by molar-refractivity contribution is -0.0531. The topological polar surface area (TPSA) is 18.5 Å². The Labute approximate surface area is 139 Å². The van der Waals surface area contributed by atoms with Gasteiger partial charge in [-0.3, -0.25) is 0 Å². The van der Waals surface area contributed by atoms with Gasteiger partial charge in [-0.15, -0.1) is 0 Å². The normalized spacial score (nSPS) is 11.5. The van der Waals surface area contributed by atoms with Crippen LogP contribution in [0.5, 0.6) is 0 Å². The summed E-state index contributed by atoms with van der Waals surface area (Å²) in [4.78, 5) is 0. The highest BCUT2D eigenvalue weighted by atomic mass is 127. The average molecular weight is 396 g/mol. The zero-order valence-corrected chi connectivity index (χ0v) is 15.4. The molecular weight excluding hydrogens is 363 g/mol. The van der Waals surface area contributed by atoms with E-state index in [-0.39, 0.29) is 0 Å². The zero-order valence-electron chi connectivity index (χ0n) is 13.2. The number of allylic oxidation sites excluding steroid dienone is 1. The highest BCUT2D eigenvalue weighted by molar-refractivity contribution is 14.1.